The van der Waals surface area contributed by atoms with Crippen LogP contribution in [0.2, 0.25) is 30.1 Å². The number of benzene rings is 2. The topological polar surface area (TPSA) is 105 Å². The highest BCUT2D eigenvalue weighted by Crippen LogP contribution is 2.73. The minimum atomic E-state index is -1.63. The molecule has 0 amide bonds. The van der Waals surface area contributed by atoms with Gasteiger partial charge in [0.25, 0.3) is 0 Å². The molecular formula is C33H32Cl6O8. The summed E-state index contributed by atoms with van der Waals surface area (Å²) in [6, 6.07) is 2.28. The third kappa shape index (κ3) is 6.68. The molecule has 0 aromatic heterocycles. The highest BCUT2D eigenvalue weighted by atomic mass is 35.5. The van der Waals surface area contributed by atoms with Crippen LogP contribution in [0.5, 0.6) is 11.5 Å². The van der Waals surface area contributed by atoms with Gasteiger partial charge in [-0.05, 0) is 55.6 Å². The number of esters is 4. The first-order valence-corrected chi connectivity index (χ1v) is 17.6. The molecule has 4 atom stereocenters. The van der Waals surface area contributed by atoms with Gasteiger partial charge in [0.2, 0.25) is 0 Å². The molecule has 0 saturated heterocycles. The Labute approximate surface area is 302 Å². The molecule has 5 rings (SSSR count). The molecule has 0 spiro atoms. The molecule has 0 heterocycles. The first-order chi connectivity index (χ1) is 22.2. The Hall–Kier alpha value is -1.94. The van der Waals surface area contributed by atoms with Gasteiger partial charge in [0.05, 0.1) is 43.3 Å². The minimum Gasteiger partial charge on any atom is -0.461 e. The van der Waals surface area contributed by atoms with Crippen LogP contribution in [0, 0.1) is 28.6 Å². The van der Waals surface area contributed by atoms with E-state index in [2.05, 4.69) is 20.8 Å². The highest BCUT2D eigenvalue weighted by molar-refractivity contribution is 6.47. The monoisotopic (exact) mass is 766 g/mol. The first kappa shape index (κ1) is 36.3. The lowest BCUT2D eigenvalue weighted by Gasteiger charge is -2.45. The predicted octanol–water partition coefficient (Wildman–Crippen LogP) is 10.1. The summed E-state index contributed by atoms with van der Waals surface area (Å²) in [5.74, 6) is -5.00. The van der Waals surface area contributed by atoms with Gasteiger partial charge in [0, 0.05) is 10.8 Å². The fourth-order valence-corrected chi connectivity index (χ4v) is 8.54. The summed E-state index contributed by atoms with van der Waals surface area (Å²) in [6.07, 6.45) is 6.67. The summed E-state index contributed by atoms with van der Waals surface area (Å²) >= 11 is 37.7. The molecule has 3 aliphatic rings. The Morgan fingerprint density at radius 2 is 1.26 bits per heavy atom. The molecule has 0 N–H and O–H groups in total. The fraction of sp³-hybridized carbons (Fsp3) is 0.515. The van der Waals surface area contributed by atoms with E-state index >= 15 is 0 Å². The summed E-state index contributed by atoms with van der Waals surface area (Å²) < 4.78 is 21.7. The zero-order valence-corrected chi connectivity index (χ0v) is 30.3. The maximum atomic E-state index is 13.3. The smallest absolute Gasteiger partial charge is 0.423 e. The third-order valence-electron chi connectivity index (χ3n) is 10.4. The zero-order chi connectivity index (χ0) is 34.4. The summed E-state index contributed by atoms with van der Waals surface area (Å²) in [6.45, 7) is 6.50. The van der Waals surface area contributed by atoms with Crippen molar-refractivity contribution < 1.29 is 38.1 Å². The molecule has 8 nitrogen and oxygen atoms in total. The van der Waals surface area contributed by atoms with Crippen LogP contribution < -0.4 is 9.47 Å². The van der Waals surface area contributed by atoms with Crippen molar-refractivity contribution in [3.8, 4) is 11.5 Å². The molecule has 2 aromatic rings. The second-order valence-electron chi connectivity index (χ2n) is 12.6. The van der Waals surface area contributed by atoms with Crippen LogP contribution in [-0.4, -0.2) is 37.1 Å². The summed E-state index contributed by atoms with van der Waals surface area (Å²) in [5, 5.41) is -1.40. The first-order valence-electron chi connectivity index (χ1n) is 15.3. The van der Waals surface area contributed by atoms with Crippen LogP contribution in [0.1, 0.15) is 86.4 Å². The summed E-state index contributed by atoms with van der Waals surface area (Å²) in [4.78, 5) is 52.7. The van der Waals surface area contributed by atoms with E-state index < -0.39 is 46.5 Å². The lowest BCUT2D eigenvalue weighted by molar-refractivity contribution is -0.156. The van der Waals surface area contributed by atoms with Gasteiger partial charge in [-0.3, -0.25) is 0 Å². The van der Waals surface area contributed by atoms with E-state index in [0.29, 0.717) is 17.8 Å². The lowest BCUT2D eigenvalue weighted by Crippen LogP contribution is -2.41. The maximum absolute atomic E-state index is 13.3. The Balaban J connectivity index is 1.34. The summed E-state index contributed by atoms with van der Waals surface area (Å²) in [7, 11) is 0. The molecule has 14 heteroatoms. The average Bonchev–Trinajstić information content (AvgIpc) is 3.47. The van der Waals surface area contributed by atoms with Crippen molar-refractivity contribution in [2.75, 3.05) is 13.2 Å². The van der Waals surface area contributed by atoms with E-state index in [0.717, 1.165) is 57.1 Å². The Bertz CT molecular complexity index is 1640. The standard InChI is InChI=1S/C33H32Cl6O8/c1-4-15(3)32(8-6-9-32)13-44-28(40)22-24(38)18(34)11-20(36)26(22)46-30(42)31(43)47-27-21(37)12-19(35)25(39)23(27)29(41)45-14-33-10-7-17(33)16(33)5-2/h11-12,15-17H,4-10,13-14H2,1-3H3. The van der Waals surface area contributed by atoms with E-state index in [4.69, 9.17) is 88.6 Å². The van der Waals surface area contributed by atoms with Gasteiger partial charge in [-0.1, -0.05) is 110 Å². The van der Waals surface area contributed by atoms with E-state index in [1.165, 1.54) is 0 Å². The van der Waals surface area contributed by atoms with Gasteiger partial charge in [0.15, 0.2) is 11.5 Å². The molecule has 254 valence electrons. The number of hydrogen-bond donors (Lipinski definition) is 0. The van der Waals surface area contributed by atoms with Gasteiger partial charge in [0.1, 0.15) is 11.1 Å². The van der Waals surface area contributed by atoms with Crippen molar-refractivity contribution in [2.24, 2.45) is 28.6 Å². The predicted molar refractivity (Wildman–Crippen MR) is 179 cm³/mol. The second kappa shape index (κ2) is 14.1. The van der Waals surface area contributed by atoms with Crippen molar-refractivity contribution in [2.45, 2.75) is 65.7 Å². The number of fused-ring (bicyclic) bond motifs is 1. The van der Waals surface area contributed by atoms with Gasteiger partial charge in [-0.2, -0.15) is 0 Å². The van der Waals surface area contributed by atoms with Crippen LogP contribution in [0.15, 0.2) is 12.1 Å². The number of hydrogen-bond acceptors (Lipinski definition) is 8. The Morgan fingerprint density at radius 3 is 1.62 bits per heavy atom. The quantitative estimate of drug-likeness (QED) is 0.0963. The normalized spacial score (nSPS) is 22.6. The van der Waals surface area contributed by atoms with E-state index in [1.807, 2.05) is 0 Å². The van der Waals surface area contributed by atoms with Crippen molar-refractivity contribution in [1.29, 1.82) is 0 Å². The average molecular weight is 769 g/mol. The molecule has 3 fully saturated rings. The fourth-order valence-electron chi connectivity index (χ4n) is 7.10. The van der Waals surface area contributed by atoms with E-state index in [-0.39, 0.29) is 54.2 Å². The van der Waals surface area contributed by atoms with E-state index in [1.54, 1.807) is 0 Å². The Kier molecular flexibility index (Phi) is 10.9. The molecular weight excluding hydrogens is 737 g/mol. The summed E-state index contributed by atoms with van der Waals surface area (Å²) in [5.41, 5.74) is -1.13. The highest BCUT2D eigenvalue weighted by Gasteiger charge is 2.69. The molecule has 47 heavy (non-hydrogen) atoms. The van der Waals surface area contributed by atoms with Crippen LogP contribution in [0.3, 0.4) is 0 Å². The second-order valence-corrected chi connectivity index (χ2v) is 15.0. The largest absolute Gasteiger partial charge is 0.461 e. The van der Waals surface area contributed by atoms with Gasteiger partial charge in [-0.15, -0.1) is 0 Å². The number of carbonyl (C=O) groups excluding carboxylic acids is 4. The molecule has 0 bridgehead atoms. The van der Waals surface area contributed by atoms with Crippen LogP contribution in [-0.2, 0) is 19.1 Å². The van der Waals surface area contributed by atoms with Crippen molar-refractivity contribution in [3.63, 3.8) is 0 Å². The lowest BCUT2D eigenvalue weighted by atomic mass is 9.61. The van der Waals surface area contributed by atoms with Crippen molar-refractivity contribution >= 4 is 93.5 Å². The zero-order valence-electron chi connectivity index (χ0n) is 25.8. The van der Waals surface area contributed by atoms with Crippen molar-refractivity contribution in [1.82, 2.24) is 0 Å². The van der Waals surface area contributed by atoms with Crippen LogP contribution >= 0.6 is 69.6 Å². The third-order valence-corrected chi connectivity index (χ3v) is 12.5. The molecule has 0 radical (unpaired) electrons. The SMILES string of the molecule is CCC(C)C1(COC(=O)c2c(Cl)c(Cl)cc(Cl)c2OC(=O)C(=O)Oc2c(Cl)cc(Cl)c(Cl)c2C(=O)OCC23CCC2C3CC)CCC1. The molecule has 0 aliphatic heterocycles. The molecule has 3 saturated carbocycles. The van der Waals surface area contributed by atoms with Gasteiger partial charge >= 0.3 is 23.9 Å². The molecule has 2 aromatic carbocycles. The number of rotatable bonds is 11. The minimum absolute atomic E-state index is 0.0649. The molecule has 3 aliphatic carbocycles. The number of ether oxygens (including phenoxy) is 4. The van der Waals surface area contributed by atoms with Crippen LogP contribution in [0.4, 0.5) is 0 Å². The van der Waals surface area contributed by atoms with Gasteiger partial charge in [-0.25, -0.2) is 19.2 Å². The Morgan fingerprint density at radius 1 is 0.766 bits per heavy atom. The number of carbonyl (C=O) groups is 4. The molecule has 4 unspecified atom stereocenters. The van der Waals surface area contributed by atoms with Gasteiger partial charge < -0.3 is 18.9 Å². The maximum Gasteiger partial charge on any atom is 0.423 e. The van der Waals surface area contributed by atoms with E-state index in [9.17, 15) is 19.2 Å². The van der Waals surface area contributed by atoms with Crippen LogP contribution in [0.25, 0.3) is 0 Å². The number of halogens is 6. The van der Waals surface area contributed by atoms with Crippen molar-refractivity contribution in [3.05, 3.63) is 53.4 Å².